The first-order valence-electron chi connectivity index (χ1n) is 8.25. The van der Waals surface area contributed by atoms with E-state index in [0.717, 1.165) is 11.3 Å². The number of nitrogens with zero attached hydrogens (tertiary/aromatic N) is 2. The van der Waals surface area contributed by atoms with Crippen LogP contribution in [0.25, 0.3) is 6.08 Å². The highest BCUT2D eigenvalue weighted by atomic mass is 16.5. The van der Waals surface area contributed by atoms with E-state index in [0.29, 0.717) is 17.1 Å². The molecule has 0 atom stereocenters. The lowest BCUT2D eigenvalue weighted by atomic mass is 10.1. The summed E-state index contributed by atoms with van der Waals surface area (Å²) in [5.74, 6) is 0.503. The van der Waals surface area contributed by atoms with Crippen molar-refractivity contribution >= 4 is 17.7 Å². The molecule has 2 aromatic rings. The summed E-state index contributed by atoms with van der Waals surface area (Å²) in [5.41, 5.74) is 2.35. The molecule has 0 heterocycles. The van der Waals surface area contributed by atoms with Crippen molar-refractivity contribution in [2.75, 3.05) is 33.2 Å². The minimum atomic E-state index is -0.695. The predicted octanol–water partition coefficient (Wildman–Crippen LogP) is 3.42. The molecule has 0 aliphatic heterocycles. The smallest absolute Gasteiger partial charge is 0.349 e. The van der Waals surface area contributed by atoms with Crippen LogP contribution in [0.4, 0.5) is 5.69 Å². The van der Waals surface area contributed by atoms with Crippen molar-refractivity contribution in [2.24, 2.45) is 0 Å². The molecule has 0 spiro atoms. The first-order chi connectivity index (χ1) is 13.0. The minimum Gasteiger partial charge on any atom is -0.497 e. The van der Waals surface area contributed by atoms with E-state index in [-0.39, 0.29) is 12.2 Å². The van der Waals surface area contributed by atoms with Gasteiger partial charge in [-0.3, -0.25) is 0 Å². The third-order valence-corrected chi connectivity index (χ3v) is 3.91. The van der Waals surface area contributed by atoms with Gasteiger partial charge in [0.05, 0.1) is 14.2 Å². The molecule has 0 aliphatic carbocycles. The largest absolute Gasteiger partial charge is 0.497 e. The number of ether oxygens (including phenoxy) is 3. The van der Waals surface area contributed by atoms with Gasteiger partial charge in [-0.25, -0.2) is 4.79 Å². The maximum absolute atomic E-state index is 12.3. The van der Waals surface area contributed by atoms with E-state index in [1.807, 2.05) is 49.3 Å². The third kappa shape index (κ3) is 5.25. The second-order valence-corrected chi connectivity index (χ2v) is 5.91. The second kappa shape index (κ2) is 9.30. The number of anilines is 1. The van der Waals surface area contributed by atoms with E-state index in [2.05, 4.69) is 0 Å². The topological polar surface area (TPSA) is 71.8 Å². The Hall–Kier alpha value is -3.46. The maximum Gasteiger partial charge on any atom is 0.349 e. The van der Waals surface area contributed by atoms with Gasteiger partial charge >= 0.3 is 5.97 Å². The van der Waals surface area contributed by atoms with Crippen molar-refractivity contribution in [3.63, 3.8) is 0 Å². The molecule has 2 rings (SSSR count). The average Bonchev–Trinajstić information content (AvgIpc) is 2.70. The van der Waals surface area contributed by atoms with Crippen LogP contribution in [0.5, 0.6) is 11.5 Å². The van der Waals surface area contributed by atoms with E-state index >= 15 is 0 Å². The van der Waals surface area contributed by atoms with Gasteiger partial charge in [0.15, 0.2) is 0 Å². The standard InChI is InChI=1S/C21H22N2O4/c1-23(2)18-7-5-15(6-8-18)11-16(13-22)21(24)27-14-17-12-19(25-3)9-10-20(17)26-4/h5-12H,14H2,1-4H3/b16-11+. The molecule has 0 bridgehead atoms. The fraction of sp³-hybridized carbons (Fsp3) is 0.238. The number of methoxy groups -OCH3 is 2. The Labute approximate surface area is 159 Å². The van der Waals surface area contributed by atoms with Gasteiger partial charge in [-0.1, -0.05) is 12.1 Å². The van der Waals surface area contributed by atoms with Gasteiger partial charge in [0.25, 0.3) is 0 Å². The first kappa shape index (κ1) is 19.9. The van der Waals surface area contributed by atoms with E-state index in [4.69, 9.17) is 14.2 Å². The number of esters is 1. The molecule has 0 amide bonds. The third-order valence-electron chi connectivity index (χ3n) is 3.91. The SMILES string of the molecule is COc1ccc(OC)c(COC(=O)/C(C#N)=C/c2ccc(N(C)C)cc2)c1. The van der Waals surface area contributed by atoms with Gasteiger partial charge < -0.3 is 19.1 Å². The summed E-state index contributed by atoms with van der Waals surface area (Å²) in [6.07, 6.45) is 1.50. The Bertz CT molecular complexity index is 865. The Morgan fingerprint density at radius 2 is 1.81 bits per heavy atom. The number of nitriles is 1. The highest BCUT2D eigenvalue weighted by Crippen LogP contribution is 2.25. The molecule has 140 valence electrons. The summed E-state index contributed by atoms with van der Waals surface area (Å²) >= 11 is 0. The van der Waals surface area contributed by atoms with Crippen LogP contribution in [-0.4, -0.2) is 34.3 Å². The molecule has 0 saturated carbocycles. The molecule has 6 heteroatoms. The number of hydrogen-bond donors (Lipinski definition) is 0. The van der Waals surface area contributed by atoms with Gasteiger partial charge in [-0.2, -0.15) is 5.26 Å². The number of rotatable bonds is 7. The van der Waals surface area contributed by atoms with Gasteiger partial charge in [0.1, 0.15) is 29.7 Å². The molecule has 0 saturated heterocycles. The second-order valence-electron chi connectivity index (χ2n) is 5.91. The molecular weight excluding hydrogens is 344 g/mol. The summed E-state index contributed by atoms with van der Waals surface area (Å²) in [6.45, 7) is -0.0300. The first-order valence-corrected chi connectivity index (χ1v) is 8.25. The lowest BCUT2D eigenvalue weighted by Crippen LogP contribution is -2.08. The molecule has 27 heavy (non-hydrogen) atoms. The van der Waals surface area contributed by atoms with Crippen LogP contribution in [0.15, 0.2) is 48.0 Å². The molecule has 0 fully saturated rings. The van der Waals surface area contributed by atoms with Crippen LogP contribution in [-0.2, 0) is 16.1 Å². The van der Waals surface area contributed by atoms with E-state index in [1.54, 1.807) is 25.3 Å². The van der Waals surface area contributed by atoms with E-state index in [9.17, 15) is 10.1 Å². The van der Waals surface area contributed by atoms with Crippen LogP contribution in [0.2, 0.25) is 0 Å². The number of benzene rings is 2. The van der Waals surface area contributed by atoms with Crippen LogP contribution < -0.4 is 14.4 Å². The fourth-order valence-electron chi connectivity index (χ4n) is 2.39. The zero-order valence-corrected chi connectivity index (χ0v) is 15.9. The van der Waals surface area contributed by atoms with Crippen molar-refractivity contribution in [3.05, 3.63) is 59.2 Å². The van der Waals surface area contributed by atoms with Crippen molar-refractivity contribution in [1.82, 2.24) is 0 Å². The van der Waals surface area contributed by atoms with Crippen molar-refractivity contribution in [3.8, 4) is 17.6 Å². The molecule has 0 aliphatic rings. The normalized spacial score (nSPS) is 10.7. The zero-order valence-electron chi connectivity index (χ0n) is 15.9. The van der Waals surface area contributed by atoms with Crippen LogP contribution in [0.3, 0.4) is 0 Å². The Kier molecular flexibility index (Phi) is 6.84. The lowest BCUT2D eigenvalue weighted by molar-refractivity contribution is -0.139. The summed E-state index contributed by atoms with van der Waals surface area (Å²) in [6, 6.07) is 14.6. The van der Waals surface area contributed by atoms with Gasteiger partial charge in [0.2, 0.25) is 0 Å². The average molecular weight is 366 g/mol. The molecule has 0 N–H and O–H groups in total. The molecule has 0 aromatic heterocycles. The van der Waals surface area contributed by atoms with Gasteiger partial charge in [0, 0.05) is 25.3 Å². The molecule has 2 aromatic carbocycles. The van der Waals surface area contributed by atoms with Crippen LogP contribution >= 0.6 is 0 Å². The zero-order chi connectivity index (χ0) is 19.8. The van der Waals surface area contributed by atoms with Crippen LogP contribution in [0, 0.1) is 11.3 Å². The van der Waals surface area contributed by atoms with E-state index < -0.39 is 5.97 Å². The summed E-state index contributed by atoms with van der Waals surface area (Å²) in [7, 11) is 6.96. The van der Waals surface area contributed by atoms with Crippen molar-refractivity contribution in [1.29, 1.82) is 5.26 Å². The van der Waals surface area contributed by atoms with E-state index in [1.165, 1.54) is 13.2 Å². The van der Waals surface area contributed by atoms with Gasteiger partial charge in [-0.15, -0.1) is 0 Å². The Morgan fingerprint density at radius 1 is 1.11 bits per heavy atom. The minimum absolute atomic E-state index is 0.0300. The van der Waals surface area contributed by atoms with Crippen molar-refractivity contribution in [2.45, 2.75) is 6.61 Å². The molecule has 0 radical (unpaired) electrons. The monoisotopic (exact) mass is 366 g/mol. The Morgan fingerprint density at radius 3 is 2.37 bits per heavy atom. The molecular formula is C21H22N2O4. The maximum atomic E-state index is 12.3. The van der Waals surface area contributed by atoms with Crippen LogP contribution in [0.1, 0.15) is 11.1 Å². The summed E-state index contributed by atoms with van der Waals surface area (Å²) in [4.78, 5) is 14.3. The molecule has 6 nitrogen and oxygen atoms in total. The summed E-state index contributed by atoms with van der Waals surface area (Å²) < 4.78 is 15.7. The number of hydrogen-bond acceptors (Lipinski definition) is 6. The quantitative estimate of drug-likeness (QED) is 0.425. The highest BCUT2D eigenvalue weighted by Gasteiger charge is 2.13. The predicted molar refractivity (Wildman–Crippen MR) is 104 cm³/mol. The molecule has 0 unspecified atom stereocenters. The van der Waals surface area contributed by atoms with Gasteiger partial charge in [-0.05, 0) is 42.0 Å². The summed E-state index contributed by atoms with van der Waals surface area (Å²) in [5, 5.41) is 9.31. The Balaban J connectivity index is 2.12. The number of carbonyl (C=O) groups is 1. The number of carbonyl (C=O) groups excluding carboxylic acids is 1. The lowest BCUT2D eigenvalue weighted by Gasteiger charge is -2.12. The van der Waals surface area contributed by atoms with Crippen molar-refractivity contribution < 1.29 is 19.0 Å². The fourth-order valence-corrected chi connectivity index (χ4v) is 2.39. The highest BCUT2D eigenvalue weighted by molar-refractivity contribution is 5.97.